The van der Waals surface area contributed by atoms with Gasteiger partial charge < -0.3 is 4.90 Å². The van der Waals surface area contributed by atoms with Gasteiger partial charge >= 0.3 is 0 Å². The van der Waals surface area contributed by atoms with Gasteiger partial charge in [0.05, 0.1) is 16.0 Å². The molecule has 29 heavy (non-hydrogen) atoms. The van der Waals surface area contributed by atoms with Crippen LogP contribution in [0, 0.1) is 13.8 Å². The van der Waals surface area contributed by atoms with Gasteiger partial charge in [-0.2, -0.15) is 0 Å². The molecular formula is C22H28ClN3OS2. The Morgan fingerprint density at radius 2 is 1.79 bits per heavy atom. The van der Waals surface area contributed by atoms with Gasteiger partial charge in [0, 0.05) is 11.4 Å². The molecule has 0 atom stereocenters. The highest BCUT2D eigenvalue weighted by molar-refractivity contribution is 8.00. The molecule has 3 aromatic rings. The Bertz CT molecular complexity index is 944. The summed E-state index contributed by atoms with van der Waals surface area (Å²) in [7, 11) is 4.11. The molecule has 0 radical (unpaired) electrons. The normalized spacial score (nSPS) is 10.9. The average Bonchev–Trinajstić information content (AvgIpc) is 3.11. The lowest BCUT2D eigenvalue weighted by atomic mass is 10.1. The molecular weight excluding hydrogens is 422 g/mol. The number of halogens is 1. The third-order valence-electron chi connectivity index (χ3n) is 4.70. The minimum Gasteiger partial charge on any atom is -0.309 e. The Morgan fingerprint density at radius 3 is 2.48 bits per heavy atom. The van der Waals surface area contributed by atoms with Crippen molar-refractivity contribution in [2.24, 2.45) is 0 Å². The molecule has 4 nitrogen and oxygen atoms in total. The van der Waals surface area contributed by atoms with Crippen LogP contribution in [0.15, 0.2) is 47.4 Å². The summed E-state index contributed by atoms with van der Waals surface area (Å²) in [5.74, 6) is 0.529. The number of hydrogen-bond acceptors (Lipinski definition) is 5. The van der Waals surface area contributed by atoms with Crippen molar-refractivity contribution < 1.29 is 4.79 Å². The van der Waals surface area contributed by atoms with E-state index >= 15 is 0 Å². The zero-order valence-corrected chi connectivity index (χ0v) is 19.8. The van der Waals surface area contributed by atoms with Crippen LogP contribution in [0.5, 0.6) is 0 Å². The van der Waals surface area contributed by atoms with Gasteiger partial charge in [-0.1, -0.05) is 35.6 Å². The number of carbonyl (C=O) groups is 1. The van der Waals surface area contributed by atoms with Crippen molar-refractivity contribution in [2.45, 2.75) is 25.2 Å². The second kappa shape index (κ2) is 11.0. The molecule has 7 heteroatoms. The van der Waals surface area contributed by atoms with Gasteiger partial charge in [0.25, 0.3) is 0 Å². The van der Waals surface area contributed by atoms with Crippen molar-refractivity contribution in [1.29, 1.82) is 0 Å². The fourth-order valence-electron chi connectivity index (χ4n) is 2.94. The SMILES string of the molecule is Cc1ccc2sc(N(CCCN(C)C)C(=O)CSc3ccccc3)nc2c1C.Cl. The molecule has 0 fully saturated rings. The van der Waals surface area contributed by atoms with E-state index in [1.165, 1.54) is 11.1 Å². The van der Waals surface area contributed by atoms with Crippen LogP contribution in [0.3, 0.4) is 0 Å². The molecule has 0 spiro atoms. The van der Waals surface area contributed by atoms with E-state index in [9.17, 15) is 4.79 Å². The minimum absolute atomic E-state index is 0. The first kappa shape index (κ1) is 23.7. The maximum Gasteiger partial charge on any atom is 0.239 e. The Morgan fingerprint density at radius 1 is 1.07 bits per heavy atom. The lowest BCUT2D eigenvalue weighted by molar-refractivity contribution is -0.116. The fraction of sp³-hybridized carbons (Fsp3) is 0.364. The van der Waals surface area contributed by atoms with Crippen LogP contribution in [-0.2, 0) is 4.79 Å². The largest absolute Gasteiger partial charge is 0.309 e. The van der Waals surface area contributed by atoms with E-state index < -0.39 is 0 Å². The number of aromatic nitrogens is 1. The van der Waals surface area contributed by atoms with Crippen molar-refractivity contribution in [3.05, 3.63) is 53.6 Å². The molecule has 1 amide bonds. The highest BCUT2D eigenvalue weighted by atomic mass is 35.5. The van der Waals surface area contributed by atoms with Crippen molar-refractivity contribution in [3.8, 4) is 0 Å². The molecule has 0 aliphatic rings. The fourth-order valence-corrected chi connectivity index (χ4v) is 4.81. The van der Waals surface area contributed by atoms with Gasteiger partial charge in [0.15, 0.2) is 5.13 Å². The van der Waals surface area contributed by atoms with Gasteiger partial charge in [0.2, 0.25) is 5.91 Å². The molecule has 0 aliphatic carbocycles. The number of hydrogen-bond donors (Lipinski definition) is 0. The van der Waals surface area contributed by atoms with E-state index in [2.05, 4.69) is 45.0 Å². The summed E-state index contributed by atoms with van der Waals surface area (Å²) < 4.78 is 1.14. The smallest absolute Gasteiger partial charge is 0.239 e. The quantitative estimate of drug-likeness (QED) is 0.430. The number of fused-ring (bicyclic) bond motifs is 1. The molecule has 3 rings (SSSR count). The molecule has 1 heterocycles. The summed E-state index contributed by atoms with van der Waals surface area (Å²) in [6.45, 7) is 5.83. The molecule has 0 saturated carbocycles. The maximum absolute atomic E-state index is 13.1. The van der Waals surface area contributed by atoms with E-state index in [0.717, 1.165) is 33.2 Å². The summed E-state index contributed by atoms with van der Waals surface area (Å²) >= 11 is 3.19. The Hall–Kier alpha value is -1.60. The van der Waals surface area contributed by atoms with Crippen LogP contribution < -0.4 is 4.90 Å². The minimum atomic E-state index is 0. The molecule has 0 bridgehead atoms. The van der Waals surface area contributed by atoms with Crippen LogP contribution >= 0.6 is 35.5 Å². The number of benzene rings is 2. The second-order valence-corrected chi connectivity index (χ2v) is 9.21. The monoisotopic (exact) mass is 449 g/mol. The van der Waals surface area contributed by atoms with E-state index in [4.69, 9.17) is 4.98 Å². The first-order chi connectivity index (χ1) is 13.5. The number of thioether (sulfide) groups is 1. The van der Waals surface area contributed by atoms with Gasteiger partial charge in [-0.3, -0.25) is 9.69 Å². The lowest BCUT2D eigenvalue weighted by Crippen LogP contribution is -2.34. The van der Waals surface area contributed by atoms with Crippen LogP contribution in [0.1, 0.15) is 17.5 Å². The number of carbonyl (C=O) groups excluding carboxylic acids is 1. The first-order valence-corrected chi connectivity index (χ1v) is 11.3. The van der Waals surface area contributed by atoms with Crippen LogP contribution in [0.25, 0.3) is 10.2 Å². The molecule has 1 aromatic heterocycles. The Kier molecular flexibility index (Phi) is 8.96. The van der Waals surface area contributed by atoms with Gasteiger partial charge in [-0.15, -0.1) is 24.2 Å². The van der Waals surface area contributed by atoms with Crippen molar-refractivity contribution >= 4 is 56.8 Å². The summed E-state index contributed by atoms with van der Waals surface area (Å²) in [6, 6.07) is 14.3. The first-order valence-electron chi connectivity index (χ1n) is 9.45. The molecule has 0 saturated heterocycles. The molecule has 2 aromatic carbocycles. The van der Waals surface area contributed by atoms with Crippen LogP contribution in [-0.4, -0.2) is 48.7 Å². The van der Waals surface area contributed by atoms with E-state index in [0.29, 0.717) is 12.3 Å². The number of thiazole rings is 1. The van der Waals surface area contributed by atoms with Crippen molar-refractivity contribution in [3.63, 3.8) is 0 Å². The number of nitrogens with zero attached hydrogens (tertiary/aromatic N) is 3. The number of rotatable bonds is 8. The molecule has 0 N–H and O–H groups in total. The standard InChI is InChI=1S/C22H27N3OS2.ClH/c1-16-11-12-19-21(17(16)2)23-22(28-19)25(14-8-13-24(3)4)20(26)15-27-18-9-6-5-7-10-18;/h5-7,9-12H,8,13-15H2,1-4H3;1H. The Balaban J connectivity index is 0.00000300. The average molecular weight is 450 g/mol. The summed E-state index contributed by atoms with van der Waals surface area (Å²) in [5.41, 5.74) is 3.44. The summed E-state index contributed by atoms with van der Waals surface area (Å²) in [4.78, 5) is 23.1. The Labute approximate surface area is 187 Å². The lowest BCUT2D eigenvalue weighted by Gasteiger charge is -2.21. The van der Waals surface area contributed by atoms with Crippen molar-refractivity contribution in [1.82, 2.24) is 9.88 Å². The van der Waals surface area contributed by atoms with Gasteiger partial charge in [-0.05, 0) is 70.2 Å². The number of aryl methyl sites for hydroxylation is 2. The van der Waals surface area contributed by atoms with E-state index in [1.54, 1.807) is 23.1 Å². The summed E-state index contributed by atoms with van der Waals surface area (Å²) in [5, 5.41) is 0.807. The van der Waals surface area contributed by atoms with Gasteiger partial charge in [0.1, 0.15) is 0 Å². The highest BCUT2D eigenvalue weighted by Crippen LogP contribution is 2.32. The van der Waals surface area contributed by atoms with Gasteiger partial charge in [-0.25, -0.2) is 4.98 Å². The number of anilines is 1. The van der Waals surface area contributed by atoms with Crippen LogP contribution in [0.4, 0.5) is 5.13 Å². The predicted octanol–water partition coefficient (Wildman–Crippen LogP) is 5.41. The molecule has 0 aliphatic heterocycles. The third kappa shape index (κ3) is 6.19. The van der Waals surface area contributed by atoms with E-state index in [1.807, 2.05) is 35.2 Å². The summed E-state index contributed by atoms with van der Waals surface area (Å²) in [6.07, 6.45) is 0.919. The van der Waals surface area contributed by atoms with Crippen molar-refractivity contribution in [2.75, 3.05) is 37.8 Å². The zero-order chi connectivity index (χ0) is 20.1. The maximum atomic E-state index is 13.1. The molecule has 0 unspecified atom stereocenters. The second-order valence-electron chi connectivity index (χ2n) is 7.15. The predicted molar refractivity (Wildman–Crippen MR) is 129 cm³/mol. The van der Waals surface area contributed by atoms with Crippen LogP contribution in [0.2, 0.25) is 0 Å². The zero-order valence-electron chi connectivity index (χ0n) is 17.3. The number of amides is 1. The topological polar surface area (TPSA) is 36.4 Å². The van der Waals surface area contributed by atoms with E-state index in [-0.39, 0.29) is 18.3 Å². The highest BCUT2D eigenvalue weighted by Gasteiger charge is 2.20. The third-order valence-corrected chi connectivity index (χ3v) is 6.74. The molecule has 156 valence electrons.